The molecule has 2 aliphatic heterocycles. The first-order valence-corrected chi connectivity index (χ1v) is 10.1. The number of nitrogens with zero attached hydrogens (tertiary/aromatic N) is 1. The van der Waals surface area contributed by atoms with Gasteiger partial charge in [0.05, 0.1) is 6.42 Å². The molecule has 0 spiro atoms. The molecule has 1 fully saturated rings. The zero-order valence-electron chi connectivity index (χ0n) is 16.6. The van der Waals surface area contributed by atoms with E-state index in [0.717, 1.165) is 11.1 Å². The van der Waals surface area contributed by atoms with E-state index >= 15 is 0 Å². The second-order valence-electron chi connectivity index (χ2n) is 7.67. The van der Waals surface area contributed by atoms with Crippen LogP contribution in [0.1, 0.15) is 24.0 Å². The van der Waals surface area contributed by atoms with Crippen LogP contribution in [-0.4, -0.2) is 43.0 Å². The lowest BCUT2D eigenvalue weighted by Gasteiger charge is -2.31. The smallest absolute Gasteiger partial charge is 0.227 e. The molecule has 2 heterocycles. The molecule has 0 radical (unpaired) electrons. The molecular weight excluding hydrogens is 368 g/mol. The first-order chi connectivity index (χ1) is 14.1. The predicted molar refractivity (Wildman–Crippen MR) is 110 cm³/mol. The summed E-state index contributed by atoms with van der Waals surface area (Å²) in [5.74, 6) is 1.39. The lowest BCUT2D eigenvalue weighted by atomic mass is 9.95. The van der Waals surface area contributed by atoms with Crippen molar-refractivity contribution in [2.45, 2.75) is 26.2 Å². The number of benzene rings is 2. The van der Waals surface area contributed by atoms with Crippen LogP contribution in [0.2, 0.25) is 0 Å². The van der Waals surface area contributed by atoms with Crippen LogP contribution in [0.15, 0.2) is 42.5 Å². The summed E-state index contributed by atoms with van der Waals surface area (Å²) in [6, 6.07) is 13.5. The third-order valence-electron chi connectivity index (χ3n) is 5.47. The molecule has 6 heteroatoms. The van der Waals surface area contributed by atoms with Crippen LogP contribution in [0.3, 0.4) is 0 Å². The Kier molecular flexibility index (Phi) is 5.69. The molecule has 29 heavy (non-hydrogen) atoms. The minimum Gasteiger partial charge on any atom is -0.486 e. The third kappa shape index (κ3) is 4.70. The number of amides is 2. The highest BCUT2D eigenvalue weighted by atomic mass is 16.6. The number of carbonyl (C=O) groups excluding carboxylic acids is 2. The Hall–Kier alpha value is -3.02. The second-order valence-corrected chi connectivity index (χ2v) is 7.67. The number of carbonyl (C=O) groups is 2. The van der Waals surface area contributed by atoms with Gasteiger partial charge in [-0.25, -0.2) is 0 Å². The number of rotatable bonds is 4. The van der Waals surface area contributed by atoms with Gasteiger partial charge in [0.15, 0.2) is 11.5 Å². The Morgan fingerprint density at radius 1 is 1.03 bits per heavy atom. The molecule has 2 aliphatic rings. The van der Waals surface area contributed by atoms with Crippen LogP contribution in [0.25, 0.3) is 0 Å². The topological polar surface area (TPSA) is 67.9 Å². The van der Waals surface area contributed by atoms with Crippen LogP contribution in [0.5, 0.6) is 11.5 Å². The van der Waals surface area contributed by atoms with Crippen LogP contribution in [0, 0.1) is 12.8 Å². The number of hydrogen-bond acceptors (Lipinski definition) is 4. The lowest BCUT2D eigenvalue weighted by Crippen LogP contribution is -2.42. The van der Waals surface area contributed by atoms with Crippen LogP contribution in [0.4, 0.5) is 5.69 Å². The molecule has 6 nitrogen and oxygen atoms in total. The van der Waals surface area contributed by atoms with Crippen LogP contribution < -0.4 is 14.8 Å². The zero-order valence-corrected chi connectivity index (χ0v) is 16.6. The predicted octanol–water partition coefficient (Wildman–Crippen LogP) is 3.19. The van der Waals surface area contributed by atoms with Gasteiger partial charge in [-0.3, -0.25) is 9.59 Å². The number of ether oxygens (including phenoxy) is 2. The van der Waals surface area contributed by atoms with E-state index in [9.17, 15) is 9.59 Å². The maximum absolute atomic E-state index is 12.7. The number of nitrogens with one attached hydrogen (secondary N) is 1. The SMILES string of the molecule is Cc1cccc(CC(=O)N2CCC(C(=O)Nc3ccc4c(c3)OCCO4)CC2)c1. The number of fused-ring (bicyclic) bond motifs is 1. The minimum absolute atomic E-state index is 0.00698. The molecule has 2 aromatic rings. The standard InChI is InChI=1S/C23H26N2O4/c1-16-3-2-4-17(13-16)14-22(26)25-9-7-18(8-10-25)23(27)24-19-5-6-20-21(15-19)29-12-11-28-20/h2-6,13,15,18H,7-12,14H2,1H3,(H,24,27). The van der Waals surface area contributed by atoms with Crippen molar-refractivity contribution in [3.63, 3.8) is 0 Å². The summed E-state index contributed by atoms with van der Waals surface area (Å²) in [7, 11) is 0. The van der Waals surface area contributed by atoms with Crippen LogP contribution >= 0.6 is 0 Å². The van der Waals surface area contributed by atoms with Crippen molar-refractivity contribution in [2.24, 2.45) is 5.92 Å². The van der Waals surface area contributed by atoms with E-state index in [1.165, 1.54) is 0 Å². The summed E-state index contributed by atoms with van der Waals surface area (Å²) in [6.07, 6.45) is 1.77. The fourth-order valence-corrected chi connectivity index (χ4v) is 3.87. The zero-order chi connectivity index (χ0) is 20.2. The van der Waals surface area contributed by atoms with E-state index in [1.54, 1.807) is 6.07 Å². The Labute approximate surface area is 170 Å². The monoisotopic (exact) mass is 394 g/mol. The Balaban J connectivity index is 1.29. The number of anilines is 1. The summed E-state index contributed by atoms with van der Waals surface area (Å²) >= 11 is 0. The van der Waals surface area contributed by atoms with Crippen LogP contribution in [-0.2, 0) is 16.0 Å². The highest BCUT2D eigenvalue weighted by Crippen LogP contribution is 2.33. The van der Waals surface area contributed by atoms with Crippen molar-refractivity contribution >= 4 is 17.5 Å². The van der Waals surface area contributed by atoms with Gasteiger partial charge in [0.2, 0.25) is 11.8 Å². The quantitative estimate of drug-likeness (QED) is 0.865. The van der Waals surface area contributed by atoms with Gasteiger partial charge < -0.3 is 19.7 Å². The fraction of sp³-hybridized carbons (Fsp3) is 0.391. The van der Waals surface area contributed by atoms with Crippen molar-refractivity contribution in [3.05, 3.63) is 53.6 Å². The highest BCUT2D eigenvalue weighted by molar-refractivity contribution is 5.93. The van der Waals surface area contributed by atoms with Crippen molar-refractivity contribution < 1.29 is 19.1 Å². The summed E-state index contributed by atoms with van der Waals surface area (Å²) in [5, 5.41) is 2.97. The van der Waals surface area contributed by atoms with E-state index < -0.39 is 0 Å². The largest absolute Gasteiger partial charge is 0.486 e. The first-order valence-electron chi connectivity index (χ1n) is 10.1. The normalized spacial score (nSPS) is 16.4. The van der Waals surface area contributed by atoms with Gasteiger partial charge in [-0.2, -0.15) is 0 Å². The summed E-state index contributed by atoms with van der Waals surface area (Å²) in [5.41, 5.74) is 2.90. The number of likely N-dealkylation sites (tertiary alicyclic amines) is 1. The van der Waals surface area contributed by atoms with Gasteiger partial charge in [0.25, 0.3) is 0 Å². The second kappa shape index (κ2) is 8.55. The average Bonchev–Trinajstić information content (AvgIpc) is 2.74. The first kappa shape index (κ1) is 19.3. The fourth-order valence-electron chi connectivity index (χ4n) is 3.87. The Bertz CT molecular complexity index is 904. The van der Waals surface area contributed by atoms with E-state index in [0.29, 0.717) is 62.8 Å². The summed E-state index contributed by atoms with van der Waals surface area (Å²) in [6.45, 7) is 4.31. The van der Waals surface area contributed by atoms with Gasteiger partial charge in [-0.1, -0.05) is 29.8 Å². The molecule has 0 unspecified atom stereocenters. The number of piperidine rings is 1. The third-order valence-corrected chi connectivity index (χ3v) is 5.47. The van der Waals surface area contributed by atoms with Gasteiger partial charge in [0.1, 0.15) is 13.2 Å². The van der Waals surface area contributed by atoms with Crippen molar-refractivity contribution in [3.8, 4) is 11.5 Å². The highest BCUT2D eigenvalue weighted by Gasteiger charge is 2.27. The van der Waals surface area contributed by atoms with E-state index in [-0.39, 0.29) is 17.7 Å². The van der Waals surface area contributed by atoms with Gasteiger partial charge in [-0.15, -0.1) is 0 Å². The number of aryl methyl sites for hydroxylation is 1. The minimum atomic E-state index is -0.0915. The number of hydrogen-bond donors (Lipinski definition) is 1. The summed E-state index contributed by atoms with van der Waals surface area (Å²) in [4.78, 5) is 27.1. The molecule has 0 atom stereocenters. The molecule has 152 valence electrons. The maximum Gasteiger partial charge on any atom is 0.227 e. The van der Waals surface area contributed by atoms with Gasteiger partial charge >= 0.3 is 0 Å². The Morgan fingerprint density at radius 2 is 1.79 bits per heavy atom. The van der Waals surface area contributed by atoms with Gasteiger partial charge in [-0.05, 0) is 37.5 Å². The van der Waals surface area contributed by atoms with Crippen molar-refractivity contribution in [1.82, 2.24) is 4.90 Å². The van der Waals surface area contributed by atoms with E-state index in [2.05, 4.69) is 5.32 Å². The molecule has 0 saturated carbocycles. The summed E-state index contributed by atoms with van der Waals surface area (Å²) < 4.78 is 11.1. The lowest BCUT2D eigenvalue weighted by molar-refractivity contribution is -0.133. The molecule has 0 aliphatic carbocycles. The molecule has 2 aromatic carbocycles. The molecule has 4 rings (SSSR count). The molecule has 0 bridgehead atoms. The van der Waals surface area contributed by atoms with Crippen molar-refractivity contribution in [2.75, 3.05) is 31.6 Å². The molecule has 1 N–H and O–H groups in total. The molecular formula is C23H26N2O4. The maximum atomic E-state index is 12.7. The van der Waals surface area contributed by atoms with E-state index in [4.69, 9.17) is 9.47 Å². The molecule has 0 aromatic heterocycles. The van der Waals surface area contributed by atoms with Crippen molar-refractivity contribution in [1.29, 1.82) is 0 Å². The molecule has 1 saturated heterocycles. The van der Waals surface area contributed by atoms with E-state index in [1.807, 2.05) is 48.2 Å². The molecule has 2 amide bonds. The average molecular weight is 394 g/mol. The Morgan fingerprint density at radius 3 is 2.55 bits per heavy atom. The van der Waals surface area contributed by atoms with Gasteiger partial charge in [0, 0.05) is 30.8 Å².